The van der Waals surface area contributed by atoms with Crippen LogP contribution in [0, 0.1) is 0 Å². The molecule has 0 amide bonds. The zero-order chi connectivity index (χ0) is 17.6. The average molecular weight is 360 g/mol. The Morgan fingerprint density at radius 3 is 2.76 bits per heavy atom. The molecule has 0 spiro atoms. The summed E-state index contributed by atoms with van der Waals surface area (Å²) in [6.45, 7) is 0.542. The van der Waals surface area contributed by atoms with Crippen LogP contribution in [0.1, 0.15) is 5.89 Å². The molecule has 3 aromatic rings. The van der Waals surface area contributed by atoms with Gasteiger partial charge in [-0.3, -0.25) is 0 Å². The first-order chi connectivity index (χ1) is 12.2. The smallest absolute Gasteiger partial charge is 0.199 e. The minimum atomic E-state index is 0.542. The molecule has 2 N–H and O–H groups in total. The lowest BCUT2D eigenvalue weighted by molar-refractivity contribution is 0.195. The van der Waals surface area contributed by atoms with Crippen molar-refractivity contribution < 1.29 is 9.15 Å². The maximum absolute atomic E-state index is 5.85. The van der Waals surface area contributed by atoms with Gasteiger partial charge in [0.1, 0.15) is 17.3 Å². The molecule has 0 saturated carbocycles. The van der Waals surface area contributed by atoms with Gasteiger partial charge in [-0.15, -0.1) is 0 Å². The number of halogens is 1. The van der Waals surface area contributed by atoms with Gasteiger partial charge < -0.3 is 19.8 Å². The highest BCUT2D eigenvalue weighted by atomic mass is 35.5. The minimum Gasteiger partial charge on any atom is -0.437 e. The Labute approximate surface area is 150 Å². The summed E-state index contributed by atoms with van der Waals surface area (Å²) >= 11 is 5.85. The van der Waals surface area contributed by atoms with Gasteiger partial charge in [0, 0.05) is 26.8 Å². The van der Waals surface area contributed by atoms with Crippen LogP contribution in [0.2, 0.25) is 5.02 Å². The molecule has 3 rings (SSSR count). The van der Waals surface area contributed by atoms with Crippen LogP contribution >= 0.6 is 11.6 Å². The van der Waals surface area contributed by atoms with Gasteiger partial charge >= 0.3 is 0 Å². The number of nitrogens with one attached hydrogen (secondary N) is 2. The Morgan fingerprint density at radius 1 is 1.16 bits per heavy atom. The van der Waals surface area contributed by atoms with Crippen LogP contribution in [-0.4, -0.2) is 35.7 Å². The maximum Gasteiger partial charge on any atom is 0.199 e. The monoisotopic (exact) mass is 359 g/mol. The van der Waals surface area contributed by atoms with E-state index in [0.29, 0.717) is 52.8 Å². The van der Waals surface area contributed by atoms with Crippen molar-refractivity contribution in [2.45, 2.75) is 6.42 Å². The van der Waals surface area contributed by atoms with Gasteiger partial charge in [0.05, 0.1) is 11.6 Å². The summed E-state index contributed by atoms with van der Waals surface area (Å²) in [4.78, 5) is 13.2. The molecular formula is C17H18ClN5O2. The molecule has 0 aliphatic heterocycles. The first kappa shape index (κ1) is 17.2. The minimum absolute atomic E-state index is 0.542. The Bertz CT molecular complexity index is 835. The number of methoxy groups -OCH3 is 1. The summed E-state index contributed by atoms with van der Waals surface area (Å²) in [5.74, 6) is 3.12. The third-order valence-electron chi connectivity index (χ3n) is 3.39. The zero-order valence-corrected chi connectivity index (χ0v) is 14.7. The summed E-state index contributed by atoms with van der Waals surface area (Å²) < 4.78 is 10.9. The van der Waals surface area contributed by atoms with Crippen LogP contribution in [0.3, 0.4) is 0 Å². The van der Waals surface area contributed by atoms with Gasteiger partial charge in [-0.05, 0) is 24.3 Å². The highest BCUT2D eigenvalue weighted by Crippen LogP contribution is 2.28. The summed E-state index contributed by atoms with van der Waals surface area (Å²) in [6, 6.07) is 9.14. The fourth-order valence-corrected chi connectivity index (χ4v) is 2.33. The van der Waals surface area contributed by atoms with Crippen LogP contribution < -0.4 is 10.6 Å². The average Bonchev–Trinajstić information content (AvgIpc) is 3.05. The second kappa shape index (κ2) is 7.96. The van der Waals surface area contributed by atoms with Gasteiger partial charge in [-0.2, -0.15) is 4.98 Å². The zero-order valence-electron chi connectivity index (χ0n) is 13.9. The third-order valence-corrected chi connectivity index (χ3v) is 3.62. The van der Waals surface area contributed by atoms with E-state index in [-0.39, 0.29) is 0 Å². The fraction of sp³-hybridized carbons (Fsp3) is 0.235. The molecule has 0 aromatic carbocycles. The molecule has 0 atom stereocenters. The maximum atomic E-state index is 5.85. The molecule has 8 heteroatoms. The quantitative estimate of drug-likeness (QED) is 0.664. The number of pyridine rings is 2. The van der Waals surface area contributed by atoms with Crippen LogP contribution in [0.15, 0.2) is 40.9 Å². The number of aromatic nitrogens is 3. The second-order valence-electron chi connectivity index (χ2n) is 5.17. The molecule has 0 bridgehead atoms. The lowest BCUT2D eigenvalue weighted by atomic mass is 10.3. The number of hydrogen-bond acceptors (Lipinski definition) is 7. The molecule has 130 valence electrons. The Hall–Kier alpha value is -2.64. The van der Waals surface area contributed by atoms with Gasteiger partial charge in [-0.25, -0.2) is 9.97 Å². The molecule has 25 heavy (non-hydrogen) atoms. The normalized spacial score (nSPS) is 10.7. The van der Waals surface area contributed by atoms with Crippen LogP contribution in [0.25, 0.3) is 11.5 Å². The van der Waals surface area contributed by atoms with E-state index in [9.17, 15) is 0 Å². The molecule has 0 aliphatic carbocycles. The Kier molecular flexibility index (Phi) is 5.47. The van der Waals surface area contributed by atoms with Crippen molar-refractivity contribution in [2.75, 3.05) is 31.4 Å². The summed E-state index contributed by atoms with van der Waals surface area (Å²) in [5.41, 5.74) is 0.666. The lowest BCUT2D eigenvalue weighted by Gasteiger charge is -2.06. The number of ether oxygens (including phenoxy) is 1. The topological polar surface area (TPSA) is 85.1 Å². The molecular weight excluding hydrogens is 342 g/mol. The molecule has 0 fully saturated rings. The van der Waals surface area contributed by atoms with Gasteiger partial charge in [0.2, 0.25) is 0 Å². The molecule has 3 aromatic heterocycles. The van der Waals surface area contributed by atoms with E-state index in [4.69, 9.17) is 20.8 Å². The number of anilines is 3. The Balaban J connectivity index is 1.85. The van der Waals surface area contributed by atoms with E-state index in [1.807, 2.05) is 18.2 Å². The van der Waals surface area contributed by atoms with E-state index in [2.05, 4.69) is 25.6 Å². The standard InChI is InChI=1S/C17H18ClN5O2/c1-19-17-16(25-15(23-17)8-9-24-2)12-4-3-5-14(21-12)22-13-7-6-11(18)10-20-13/h3-7,10,19H,8-9H2,1-2H3,(H,20,21,22). The number of nitrogens with zero attached hydrogens (tertiary/aromatic N) is 3. The van der Waals surface area contributed by atoms with Crippen molar-refractivity contribution in [3.63, 3.8) is 0 Å². The number of hydrogen-bond donors (Lipinski definition) is 2. The molecule has 3 heterocycles. The van der Waals surface area contributed by atoms with E-state index >= 15 is 0 Å². The van der Waals surface area contributed by atoms with E-state index in [1.54, 1.807) is 32.5 Å². The van der Waals surface area contributed by atoms with E-state index in [0.717, 1.165) is 0 Å². The summed E-state index contributed by atoms with van der Waals surface area (Å²) in [5, 5.41) is 6.75. The Morgan fingerprint density at radius 2 is 2.04 bits per heavy atom. The summed E-state index contributed by atoms with van der Waals surface area (Å²) in [7, 11) is 3.44. The summed E-state index contributed by atoms with van der Waals surface area (Å²) in [6.07, 6.45) is 2.17. The predicted octanol–water partition coefficient (Wildman–Crippen LogP) is 3.76. The molecule has 7 nitrogen and oxygen atoms in total. The van der Waals surface area contributed by atoms with Crippen LogP contribution in [-0.2, 0) is 11.2 Å². The number of oxazole rings is 1. The van der Waals surface area contributed by atoms with Crippen molar-refractivity contribution in [3.8, 4) is 11.5 Å². The first-order valence-corrected chi connectivity index (χ1v) is 8.10. The first-order valence-electron chi connectivity index (χ1n) is 7.72. The van der Waals surface area contributed by atoms with Gasteiger partial charge in [0.15, 0.2) is 17.5 Å². The molecule has 0 saturated heterocycles. The molecule has 0 radical (unpaired) electrons. The third kappa shape index (κ3) is 4.26. The van der Waals surface area contributed by atoms with Crippen LogP contribution in [0.5, 0.6) is 0 Å². The SMILES string of the molecule is CNc1nc(CCOC)oc1-c1cccc(Nc2ccc(Cl)cn2)n1. The lowest BCUT2D eigenvalue weighted by Crippen LogP contribution is -1.97. The van der Waals surface area contributed by atoms with Gasteiger partial charge in [0.25, 0.3) is 0 Å². The largest absolute Gasteiger partial charge is 0.437 e. The molecule has 0 aliphatic rings. The fourth-order valence-electron chi connectivity index (χ4n) is 2.22. The predicted molar refractivity (Wildman–Crippen MR) is 97.4 cm³/mol. The van der Waals surface area contributed by atoms with Crippen molar-refractivity contribution in [2.24, 2.45) is 0 Å². The van der Waals surface area contributed by atoms with Crippen molar-refractivity contribution in [3.05, 3.63) is 47.4 Å². The van der Waals surface area contributed by atoms with E-state index in [1.165, 1.54) is 0 Å². The van der Waals surface area contributed by atoms with E-state index < -0.39 is 0 Å². The van der Waals surface area contributed by atoms with Gasteiger partial charge in [-0.1, -0.05) is 17.7 Å². The van der Waals surface area contributed by atoms with Crippen molar-refractivity contribution >= 4 is 29.1 Å². The second-order valence-corrected chi connectivity index (χ2v) is 5.61. The molecule has 0 unspecified atom stereocenters. The highest BCUT2D eigenvalue weighted by molar-refractivity contribution is 6.30. The van der Waals surface area contributed by atoms with Crippen molar-refractivity contribution in [1.29, 1.82) is 0 Å². The number of rotatable bonds is 7. The highest BCUT2D eigenvalue weighted by Gasteiger charge is 2.15. The van der Waals surface area contributed by atoms with Crippen LogP contribution in [0.4, 0.5) is 17.5 Å². The van der Waals surface area contributed by atoms with Crippen molar-refractivity contribution in [1.82, 2.24) is 15.0 Å².